The summed E-state index contributed by atoms with van der Waals surface area (Å²) in [4.78, 5) is 0. The molecule has 1 aromatic heterocycles. The van der Waals surface area contributed by atoms with Gasteiger partial charge in [0, 0.05) is 27.4 Å². The number of nitrogens with two attached hydrogens (primary N) is 1. The van der Waals surface area contributed by atoms with Crippen LogP contribution in [0.4, 0.5) is 4.39 Å². The molecule has 1 nitrogen and oxygen atoms in total. The second kappa shape index (κ2) is 4.07. The lowest BCUT2D eigenvalue weighted by molar-refractivity contribution is 0.267. The molecular weight excluding hydrogens is 253 g/mol. The molecule has 0 aliphatic heterocycles. The average Bonchev–Trinajstić information content (AvgIpc) is 2.30. The van der Waals surface area contributed by atoms with Crippen LogP contribution in [0, 0.1) is 0 Å². The van der Waals surface area contributed by atoms with E-state index in [0.717, 1.165) is 4.47 Å². The topological polar surface area (TPSA) is 26.0 Å². The van der Waals surface area contributed by atoms with Gasteiger partial charge in [-0.3, -0.25) is 0 Å². The SMILES string of the molecule is CC(C)(N)CC(F)c1cscc1Br. The van der Waals surface area contributed by atoms with Crippen LogP contribution in [0.1, 0.15) is 32.0 Å². The molecule has 0 bridgehead atoms. The van der Waals surface area contributed by atoms with Gasteiger partial charge in [-0.2, -0.15) is 11.3 Å². The molecule has 74 valence electrons. The Hall–Kier alpha value is 0.0700. The Morgan fingerprint density at radius 3 is 2.62 bits per heavy atom. The van der Waals surface area contributed by atoms with E-state index in [1.54, 1.807) is 0 Å². The molecule has 0 radical (unpaired) electrons. The smallest absolute Gasteiger partial charge is 0.129 e. The number of thiophene rings is 1. The lowest BCUT2D eigenvalue weighted by atomic mass is 9.96. The average molecular weight is 266 g/mol. The van der Waals surface area contributed by atoms with E-state index in [2.05, 4.69) is 15.9 Å². The molecule has 1 aromatic rings. The Balaban J connectivity index is 2.69. The maximum Gasteiger partial charge on any atom is 0.129 e. The highest BCUT2D eigenvalue weighted by molar-refractivity contribution is 9.10. The highest BCUT2D eigenvalue weighted by Crippen LogP contribution is 2.33. The maximum atomic E-state index is 13.6. The molecule has 1 atom stereocenters. The van der Waals surface area contributed by atoms with Crippen LogP contribution in [0.25, 0.3) is 0 Å². The van der Waals surface area contributed by atoms with Gasteiger partial charge in [-0.1, -0.05) is 0 Å². The molecule has 0 fully saturated rings. The van der Waals surface area contributed by atoms with E-state index in [-0.39, 0.29) is 0 Å². The molecule has 0 aliphatic rings. The first kappa shape index (κ1) is 11.1. The largest absolute Gasteiger partial charge is 0.325 e. The Bertz CT molecular complexity index is 279. The van der Waals surface area contributed by atoms with Crippen LogP contribution < -0.4 is 5.73 Å². The van der Waals surface area contributed by atoms with Crippen molar-refractivity contribution in [1.29, 1.82) is 0 Å². The Labute approximate surface area is 90.3 Å². The van der Waals surface area contributed by atoms with Gasteiger partial charge in [0.2, 0.25) is 0 Å². The summed E-state index contributed by atoms with van der Waals surface area (Å²) in [5.74, 6) is 0. The molecule has 13 heavy (non-hydrogen) atoms. The van der Waals surface area contributed by atoms with Crippen LogP contribution in [-0.4, -0.2) is 5.54 Å². The standard InChI is InChI=1S/C9H13BrFNS/c1-9(2,12)3-8(11)6-4-13-5-7(6)10/h4-5,8H,3,12H2,1-2H3. The highest BCUT2D eigenvalue weighted by atomic mass is 79.9. The number of rotatable bonds is 3. The minimum Gasteiger partial charge on any atom is -0.325 e. The summed E-state index contributed by atoms with van der Waals surface area (Å²) >= 11 is 4.80. The molecule has 0 aromatic carbocycles. The third kappa shape index (κ3) is 3.37. The molecule has 4 heteroatoms. The first-order valence-corrected chi connectivity index (χ1v) is 5.78. The van der Waals surface area contributed by atoms with Crippen molar-refractivity contribution in [3.63, 3.8) is 0 Å². The fraction of sp³-hybridized carbons (Fsp3) is 0.556. The number of alkyl halides is 1. The van der Waals surface area contributed by atoms with Crippen LogP contribution >= 0.6 is 27.3 Å². The summed E-state index contributed by atoms with van der Waals surface area (Å²) in [5.41, 5.74) is 5.99. The van der Waals surface area contributed by atoms with Crippen molar-refractivity contribution in [3.8, 4) is 0 Å². The predicted octanol–water partition coefficient (Wildman–Crippen LogP) is 3.65. The fourth-order valence-corrected chi connectivity index (χ4v) is 2.67. The van der Waals surface area contributed by atoms with Crippen molar-refractivity contribution >= 4 is 27.3 Å². The van der Waals surface area contributed by atoms with Crippen molar-refractivity contribution in [2.45, 2.75) is 32.0 Å². The molecule has 1 rings (SSSR count). The van der Waals surface area contributed by atoms with Gasteiger partial charge in [0.15, 0.2) is 0 Å². The van der Waals surface area contributed by atoms with E-state index in [1.807, 2.05) is 24.6 Å². The van der Waals surface area contributed by atoms with Crippen LogP contribution in [0.5, 0.6) is 0 Å². The molecule has 1 unspecified atom stereocenters. The van der Waals surface area contributed by atoms with Gasteiger partial charge >= 0.3 is 0 Å². The van der Waals surface area contributed by atoms with Gasteiger partial charge in [0.25, 0.3) is 0 Å². The van der Waals surface area contributed by atoms with Crippen molar-refractivity contribution in [1.82, 2.24) is 0 Å². The quantitative estimate of drug-likeness (QED) is 0.887. The zero-order valence-electron chi connectivity index (χ0n) is 7.68. The molecule has 0 aliphatic carbocycles. The summed E-state index contributed by atoms with van der Waals surface area (Å²) in [6, 6.07) is 0. The maximum absolute atomic E-state index is 13.6. The second-order valence-electron chi connectivity index (χ2n) is 3.84. The van der Waals surface area contributed by atoms with Crippen LogP contribution in [-0.2, 0) is 0 Å². The zero-order valence-corrected chi connectivity index (χ0v) is 10.1. The molecule has 0 saturated heterocycles. The lowest BCUT2D eigenvalue weighted by Crippen LogP contribution is -2.33. The van der Waals surface area contributed by atoms with Crippen LogP contribution in [0.3, 0.4) is 0 Å². The Morgan fingerprint density at radius 1 is 1.62 bits per heavy atom. The second-order valence-corrected chi connectivity index (χ2v) is 5.43. The number of halogens is 2. The van der Waals surface area contributed by atoms with E-state index in [1.165, 1.54) is 11.3 Å². The molecule has 0 amide bonds. The zero-order chi connectivity index (χ0) is 10.1. The normalized spacial score (nSPS) is 14.5. The Kier molecular flexibility index (Phi) is 3.49. The third-order valence-corrected chi connectivity index (χ3v) is 3.44. The van der Waals surface area contributed by atoms with Gasteiger partial charge in [-0.05, 0) is 35.2 Å². The van der Waals surface area contributed by atoms with E-state index < -0.39 is 11.7 Å². The van der Waals surface area contributed by atoms with Gasteiger partial charge in [0.05, 0.1) is 0 Å². The lowest BCUT2D eigenvalue weighted by Gasteiger charge is -2.20. The van der Waals surface area contributed by atoms with Gasteiger partial charge in [-0.25, -0.2) is 4.39 Å². The number of hydrogen-bond donors (Lipinski definition) is 1. The molecule has 2 N–H and O–H groups in total. The van der Waals surface area contributed by atoms with Gasteiger partial charge in [0.1, 0.15) is 6.17 Å². The van der Waals surface area contributed by atoms with Crippen molar-refractivity contribution < 1.29 is 4.39 Å². The van der Waals surface area contributed by atoms with E-state index in [0.29, 0.717) is 12.0 Å². The summed E-state index contributed by atoms with van der Waals surface area (Å²) in [6.07, 6.45) is -0.622. The van der Waals surface area contributed by atoms with Crippen molar-refractivity contribution in [3.05, 3.63) is 20.8 Å². The third-order valence-electron chi connectivity index (χ3n) is 1.69. The monoisotopic (exact) mass is 265 g/mol. The number of hydrogen-bond acceptors (Lipinski definition) is 2. The molecule has 0 spiro atoms. The minimum atomic E-state index is -0.972. The minimum absolute atomic E-state index is 0.350. The van der Waals surface area contributed by atoms with E-state index in [4.69, 9.17) is 5.73 Å². The predicted molar refractivity (Wildman–Crippen MR) is 58.8 cm³/mol. The first-order valence-electron chi connectivity index (χ1n) is 4.05. The van der Waals surface area contributed by atoms with Gasteiger partial charge < -0.3 is 5.73 Å². The van der Waals surface area contributed by atoms with Crippen molar-refractivity contribution in [2.75, 3.05) is 0 Å². The first-order chi connectivity index (χ1) is 5.90. The summed E-state index contributed by atoms with van der Waals surface area (Å²) in [5, 5.41) is 3.70. The van der Waals surface area contributed by atoms with Crippen LogP contribution in [0.2, 0.25) is 0 Å². The summed E-state index contributed by atoms with van der Waals surface area (Å²) in [7, 11) is 0. The van der Waals surface area contributed by atoms with Gasteiger partial charge in [-0.15, -0.1) is 0 Å². The Morgan fingerprint density at radius 2 is 2.23 bits per heavy atom. The van der Waals surface area contributed by atoms with Crippen LogP contribution in [0.15, 0.2) is 15.2 Å². The van der Waals surface area contributed by atoms with E-state index in [9.17, 15) is 4.39 Å². The molecule has 0 saturated carbocycles. The highest BCUT2D eigenvalue weighted by Gasteiger charge is 2.21. The molecule has 1 heterocycles. The molecular formula is C9H13BrFNS. The fourth-order valence-electron chi connectivity index (χ4n) is 1.09. The summed E-state index contributed by atoms with van der Waals surface area (Å²) < 4.78 is 14.5. The van der Waals surface area contributed by atoms with E-state index >= 15 is 0 Å². The van der Waals surface area contributed by atoms with Crippen molar-refractivity contribution in [2.24, 2.45) is 5.73 Å². The summed E-state index contributed by atoms with van der Waals surface area (Å²) in [6.45, 7) is 3.67.